The number of hydrogen-bond acceptors (Lipinski definition) is 5. The minimum absolute atomic E-state index is 0.0403. The average molecular weight is 364 g/mol. The fourth-order valence-corrected chi connectivity index (χ4v) is 2.71. The highest BCUT2D eigenvalue weighted by Gasteiger charge is 2.26. The monoisotopic (exact) mass is 364 g/mol. The molecule has 0 amide bonds. The molecule has 27 heavy (non-hydrogen) atoms. The maximum absolute atomic E-state index is 12.1. The van der Waals surface area contributed by atoms with Gasteiger partial charge in [-0.25, -0.2) is 9.79 Å². The van der Waals surface area contributed by atoms with Crippen LogP contribution in [0, 0.1) is 17.0 Å². The molecule has 0 bridgehead atoms. The van der Waals surface area contributed by atoms with Gasteiger partial charge in [0.25, 0.3) is 5.69 Å². The summed E-state index contributed by atoms with van der Waals surface area (Å²) in [6.07, 6.45) is 1.64. The van der Waals surface area contributed by atoms with Crippen LogP contribution >= 0.6 is 0 Å². The van der Waals surface area contributed by atoms with Gasteiger partial charge in [-0.05, 0) is 35.6 Å². The lowest BCUT2D eigenvalue weighted by Gasteiger charge is -2.18. The first-order valence-electron chi connectivity index (χ1n) is 8.54. The Morgan fingerprint density at radius 3 is 2.37 bits per heavy atom. The van der Waals surface area contributed by atoms with Crippen molar-refractivity contribution in [3.63, 3.8) is 0 Å². The van der Waals surface area contributed by atoms with E-state index in [1.54, 1.807) is 25.1 Å². The van der Waals surface area contributed by atoms with Crippen LogP contribution in [0.4, 0.5) is 5.69 Å². The van der Waals surface area contributed by atoms with Crippen LogP contribution in [0.5, 0.6) is 0 Å². The van der Waals surface area contributed by atoms with Crippen molar-refractivity contribution in [2.45, 2.75) is 33.1 Å². The third-order valence-electron chi connectivity index (χ3n) is 4.35. The molecule has 0 fully saturated rings. The first-order valence-corrected chi connectivity index (χ1v) is 8.54. The van der Waals surface area contributed by atoms with Crippen molar-refractivity contribution >= 4 is 23.6 Å². The number of nitro benzene ring substituents is 1. The van der Waals surface area contributed by atoms with Gasteiger partial charge in [0.15, 0.2) is 5.70 Å². The Labute approximate surface area is 157 Å². The molecule has 0 aromatic heterocycles. The van der Waals surface area contributed by atoms with E-state index in [-0.39, 0.29) is 22.7 Å². The number of nitrogens with zero attached hydrogens (tertiary/aromatic N) is 2. The lowest BCUT2D eigenvalue weighted by Crippen LogP contribution is -2.10. The first-order chi connectivity index (χ1) is 12.6. The van der Waals surface area contributed by atoms with Crippen molar-refractivity contribution in [3.8, 4) is 0 Å². The second-order valence-electron chi connectivity index (χ2n) is 7.47. The molecule has 6 heteroatoms. The largest absolute Gasteiger partial charge is 0.402 e. The molecule has 0 unspecified atom stereocenters. The van der Waals surface area contributed by atoms with E-state index >= 15 is 0 Å². The number of aliphatic imine (C=N–C) groups is 1. The van der Waals surface area contributed by atoms with Gasteiger partial charge in [0.1, 0.15) is 0 Å². The fourth-order valence-electron chi connectivity index (χ4n) is 2.71. The summed E-state index contributed by atoms with van der Waals surface area (Å²) in [7, 11) is 0. The normalized spacial score (nSPS) is 15.6. The zero-order valence-electron chi connectivity index (χ0n) is 15.6. The summed E-state index contributed by atoms with van der Waals surface area (Å²) in [6, 6.07) is 12.5. The Morgan fingerprint density at radius 2 is 1.78 bits per heavy atom. The van der Waals surface area contributed by atoms with Gasteiger partial charge in [0.2, 0.25) is 5.90 Å². The molecule has 0 saturated carbocycles. The van der Waals surface area contributed by atoms with Crippen molar-refractivity contribution in [1.82, 2.24) is 0 Å². The SMILES string of the molecule is Cc1ccc(C2=N/C(=C/c3ccc(C(C)(C)C)cc3)C(=O)O2)cc1[N+](=O)[O-]. The van der Waals surface area contributed by atoms with Gasteiger partial charge in [0.05, 0.1) is 4.92 Å². The van der Waals surface area contributed by atoms with Crippen LogP contribution in [0.2, 0.25) is 0 Å². The van der Waals surface area contributed by atoms with E-state index in [9.17, 15) is 14.9 Å². The van der Waals surface area contributed by atoms with Gasteiger partial charge >= 0.3 is 5.97 Å². The summed E-state index contributed by atoms with van der Waals surface area (Å²) in [5.41, 5.74) is 3.11. The topological polar surface area (TPSA) is 81.8 Å². The Bertz CT molecular complexity index is 980. The van der Waals surface area contributed by atoms with Crippen molar-refractivity contribution in [2.75, 3.05) is 0 Å². The molecule has 0 N–H and O–H groups in total. The summed E-state index contributed by atoms with van der Waals surface area (Å²) < 4.78 is 5.20. The molecular formula is C21H20N2O4. The van der Waals surface area contributed by atoms with Crippen LogP contribution in [-0.4, -0.2) is 16.8 Å². The van der Waals surface area contributed by atoms with E-state index in [0.29, 0.717) is 11.1 Å². The third-order valence-corrected chi connectivity index (χ3v) is 4.35. The molecule has 0 saturated heterocycles. The Kier molecular flexibility index (Phi) is 4.66. The van der Waals surface area contributed by atoms with Gasteiger partial charge in [-0.2, -0.15) is 0 Å². The highest BCUT2D eigenvalue weighted by molar-refractivity contribution is 6.13. The van der Waals surface area contributed by atoms with Crippen LogP contribution < -0.4 is 0 Å². The molecule has 0 radical (unpaired) electrons. The van der Waals surface area contributed by atoms with Gasteiger partial charge in [-0.3, -0.25) is 10.1 Å². The number of carbonyl (C=O) groups excluding carboxylic acids is 1. The summed E-state index contributed by atoms with van der Waals surface area (Å²) in [6.45, 7) is 8.04. The molecule has 1 heterocycles. The van der Waals surface area contributed by atoms with Crippen molar-refractivity contribution in [1.29, 1.82) is 0 Å². The third kappa shape index (κ3) is 3.95. The number of aryl methyl sites for hydroxylation is 1. The van der Waals surface area contributed by atoms with Gasteiger partial charge in [0, 0.05) is 17.2 Å². The van der Waals surface area contributed by atoms with E-state index in [1.165, 1.54) is 11.6 Å². The smallest absolute Gasteiger partial charge is 0.363 e. The summed E-state index contributed by atoms with van der Waals surface area (Å²) in [4.78, 5) is 27.0. The van der Waals surface area contributed by atoms with Gasteiger partial charge in [-0.1, -0.05) is 51.1 Å². The van der Waals surface area contributed by atoms with Crippen molar-refractivity contribution in [2.24, 2.45) is 4.99 Å². The molecule has 0 spiro atoms. The van der Waals surface area contributed by atoms with Crippen molar-refractivity contribution < 1.29 is 14.5 Å². The molecule has 2 aromatic carbocycles. The lowest BCUT2D eigenvalue weighted by atomic mass is 9.87. The van der Waals surface area contributed by atoms with Crippen LogP contribution in [0.3, 0.4) is 0 Å². The molecule has 0 aliphatic carbocycles. The minimum atomic E-state index is -0.576. The fraction of sp³-hybridized carbons (Fsp3) is 0.238. The zero-order valence-corrected chi connectivity index (χ0v) is 15.6. The molecular weight excluding hydrogens is 344 g/mol. The van der Waals surface area contributed by atoms with Gasteiger partial charge < -0.3 is 4.74 Å². The highest BCUT2D eigenvalue weighted by atomic mass is 16.6. The van der Waals surface area contributed by atoms with Crippen LogP contribution in [-0.2, 0) is 14.9 Å². The van der Waals surface area contributed by atoms with Crippen LogP contribution in [0.15, 0.2) is 53.2 Å². The molecule has 1 aliphatic heterocycles. The maximum atomic E-state index is 12.1. The average Bonchev–Trinajstić information content (AvgIpc) is 2.95. The summed E-state index contributed by atoms with van der Waals surface area (Å²) in [5, 5.41) is 11.1. The molecule has 1 aliphatic rings. The number of carbonyl (C=O) groups is 1. The molecule has 0 atom stereocenters. The zero-order chi connectivity index (χ0) is 19.8. The number of esters is 1. The van der Waals surface area contributed by atoms with Crippen molar-refractivity contribution in [3.05, 3.63) is 80.5 Å². The Balaban J connectivity index is 1.91. The molecule has 3 rings (SSSR count). The van der Waals surface area contributed by atoms with E-state index in [1.807, 2.05) is 24.3 Å². The number of cyclic esters (lactones) is 1. The standard InChI is InChI=1S/C21H20N2O4/c1-13-5-8-15(12-18(13)23(25)26)19-22-17(20(24)27-19)11-14-6-9-16(10-7-14)21(2,3)4/h5-12H,1-4H3/b17-11+. The molecule has 6 nitrogen and oxygen atoms in total. The molecule has 2 aromatic rings. The lowest BCUT2D eigenvalue weighted by molar-refractivity contribution is -0.385. The van der Waals surface area contributed by atoms with Crippen LogP contribution in [0.1, 0.15) is 43.0 Å². The van der Waals surface area contributed by atoms with Gasteiger partial charge in [-0.15, -0.1) is 0 Å². The predicted octanol–water partition coefficient (Wildman–Crippen LogP) is 4.55. The number of ether oxygens (including phenoxy) is 1. The Hall–Kier alpha value is -3.28. The maximum Gasteiger partial charge on any atom is 0.363 e. The minimum Gasteiger partial charge on any atom is -0.402 e. The Morgan fingerprint density at radius 1 is 1.11 bits per heavy atom. The molecule has 138 valence electrons. The van der Waals surface area contributed by atoms with E-state index in [0.717, 1.165) is 5.56 Å². The van der Waals surface area contributed by atoms with E-state index in [4.69, 9.17) is 4.74 Å². The van der Waals surface area contributed by atoms with Crippen LogP contribution in [0.25, 0.3) is 6.08 Å². The second-order valence-corrected chi connectivity index (χ2v) is 7.47. The van der Waals surface area contributed by atoms with E-state index in [2.05, 4.69) is 25.8 Å². The summed E-state index contributed by atoms with van der Waals surface area (Å²) >= 11 is 0. The summed E-state index contributed by atoms with van der Waals surface area (Å²) in [5.74, 6) is -0.506. The van der Waals surface area contributed by atoms with E-state index < -0.39 is 10.9 Å². The quantitative estimate of drug-likeness (QED) is 0.346. The second kappa shape index (κ2) is 6.79. The number of hydrogen-bond donors (Lipinski definition) is 0. The number of nitro groups is 1. The number of benzene rings is 2. The highest BCUT2D eigenvalue weighted by Crippen LogP contribution is 2.25. The first kappa shape index (κ1) is 18.5. The predicted molar refractivity (Wildman–Crippen MR) is 104 cm³/mol. The number of rotatable bonds is 3.